The number of piperidine rings is 1. The van der Waals surface area contributed by atoms with E-state index in [0.717, 1.165) is 44.6 Å². The minimum absolute atomic E-state index is 0.0231. The highest BCUT2D eigenvalue weighted by molar-refractivity contribution is 7.90. The van der Waals surface area contributed by atoms with Gasteiger partial charge in [-0.2, -0.15) is 5.10 Å². The first kappa shape index (κ1) is 24.1. The lowest BCUT2D eigenvalue weighted by Gasteiger charge is -2.34. The lowest BCUT2D eigenvalue weighted by molar-refractivity contribution is -0.117. The van der Waals surface area contributed by atoms with Crippen LogP contribution in [0, 0.1) is 0 Å². The number of carbonyl (C=O) groups excluding carboxylic acids is 2. The molecule has 0 unspecified atom stereocenters. The fraction of sp³-hybridized carbons (Fsp3) is 0.560. The number of fused-ring (bicyclic) bond motifs is 3. The maximum absolute atomic E-state index is 13.5. The monoisotopic (exact) mass is 500 g/mol. The molecule has 0 bridgehead atoms. The van der Waals surface area contributed by atoms with Gasteiger partial charge in [0.05, 0.1) is 35.6 Å². The van der Waals surface area contributed by atoms with Gasteiger partial charge in [0.15, 0.2) is 15.5 Å². The number of rotatable bonds is 6. The molecule has 0 spiro atoms. The molecule has 0 aliphatic carbocycles. The highest BCUT2D eigenvalue weighted by Crippen LogP contribution is 2.41. The maximum Gasteiger partial charge on any atom is 0.274 e. The van der Waals surface area contributed by atoms with E-state index in [1.165, 1.54) is 0 Å². The first-order valence-electron chi connectivity index (χ1n) is 12.4. The van der Waals surface area contributed by atoms with Crippen LogP contribution in [0.5, 0.6) is 0 Å². The van der Waals surface area contributed by atoms with Crippen molar-refractivity contribution in [3.63, 3.8) is 0 Å². The minimum atomic E-state index is -3.58. The average Bonchev–Trinajstić information content (AvgIpc) is 3.23. The predicted molar refractivity (Wildman–Crippen MR) is 130 cm³/mol. The van der Waals surface area contributed by atoms with Crippen LogP contribution in [0.4, 0.5) is 0 Å². The Morgan fingerprint density at radius 1 is 1.14 bits per heavy atom. The number of nitrogens with zero attached hydrogens (tertiary/aromatic N) is 4. The molecule has 188 valence electrons. The van der Waals surface area contributed by atoms with Gasteiger partial charge in [-0.25, -0.2) is 8.42 Å². The molecule has 5 rings (SSSR count). The zero-order valence-electron chi connectivity index (χ0n) is 20.1. The molecule has 9 nitrogen and oxygen atoms in total. The molecule has 2 fully saturated rings. The third kappa shape index (κ3) is 4.79. The summed E-state index contributed by atoms with van der Waals surface area (Å²) in [5.41, 5.74) is 2.13. The van der Waals surface area contributed by atoms with Crippen molar-refractivity contribution < 1.29 is 22.7 Å². The van der Waals surface area contributed by atoms with E-state index in [0.29, 0.717) is 48.7 Å². The van der Waals surface area contributed by atoms with Crippen LogP contribution < -0.4 is 0 Å². The molecule has 35 heavy (non-hydrogen) atoms. The number of morpholine rings is 1. The molecule has 1 atom stereocenters. The first-order valence-corrected chi connectivity index (χ1v) is 14.0. The van der Waals surface area contributed by atoms with E-state index < -0.39 is 9.84 Å². The Kier molecular flexibility index (Phi) is 6.78. The number of carbonyl (C=O) groups is 2. The Labute approximate surface area is 205 Å². The van der Waals surface area contributed by atoms with Crippen molar-refractivity contribution in [3.05, 3.63) is 35.5 Å². The molecule has 3 aliphatic rings. The van der Waals surface area contributed by atoms with Crippen molar-refractivity contribution in [3.8, 4) is 11.3 Å². The summed E-state index contributed by atoms with van der Waals surface area (Å²) in [5.74, 6) is -0.254. The number of ether oxygens (including phenoxy) is 1. The predicted octanol–water partition coefficient (Wildman–Crippen LogP) is 2.32. The van der Waals surface area contributed by atoms with Crippen LogP contribution in [0.3, 0.4) is 0 Å². The van der Waals surface area contributed by atoms with E-state index >= 15 is 0 Å². The van der Waals surface area contributed by atoms with Crippen LogP contribution in [0.25, 0.3) is 11.3 Å². The molecule has 2 saturated heterocycles. The van der Waals surface area contributed by atoms with Gasteiger partial charge in [-0.1, -0.05) is 18.2 Å². The normalized spacial score (nSPS) is 21.9. The van der Waals surface area contributed by atoms with Gasteiger partial charge in [0, 0.05) is 37.2 Å². The van der Waals surface area contributed by atoms with Crippen LogP contribution in [0.15, 0.2) is 29.2 Å². The lowest BCUT2D eigenvalue weighted by atomic mass is 10.0. The molecule has 3 aliphatic heterocycles. The van der Waals surface area contributed by atoms with Crippen molar-refractivity contribution >= 4 is 21.5 Å². The Morgan fingerprint density at radius 2 is 1.91 bits per heavy atom. The molecule has 4 heterocycles. The highest BCUT2D eigenvalue weighted by atomic mass is 32.2. The minimum Gasteiger partial charge on any atom is -0.378 e. The summed E-state index contributed by atoms with van der Waals surface area (Å²) in [5, 5.41) is 4.84. The molecule has 0 saturated carbocycles. The Morgan fingerprint density at radius 3 is 2.69 bits per heavy atom. The average molecular weight is 501 g/mol. The lowest BCUT2D eigenvalue weighted by Crippen LogP contribution is -2.41. The molecule has 10 heteroatoms. The molecule has 2 aromatic rings. The van der Waals surface area contributed by atoms with Crippen LogP contribution in [0.2, 0.25) is 0 Å². The third-order valence-corrected chi connectivity index (χ3v) is 8.85. The number of benzene rings is 1. The fourth-order valence-corrected chi connectivity index (χ4v) is 7.02. The van der Waals surface area contributed by atoms with Crippen LogP contribution in [-0.2, 0) is 25.1 Å². The molecular formula is C25H32N4O5S. The number of aromatic nitrogens is 2. The quantitative estimate of drug-likeness (QED) is 0.600. The second kappa shape index (κ2) is 9.83. The summed E-state index contributed by atoms with van der Waals surface area (Å²) >= 11 is 0. The molecule has 0 radical (unpaired) electrons. The van der Waals surface area contributed by atoms with Crippen LogP contribution >= 0.6 is 0 Å². The van der Waals surface area contributed by atoms with Gasteiger partial charge >= 0.3 is 0 Å². The Hall–Kier alpha value is -2.56. The smallest absolute Gasteiger partial charge is 0.274 e. The van der Waals surface area contributed by atoms with E-state index in [4.69, 9.17) is 9.84 Å². The van der Waals surface area contributed by atoms with E-state index in [1.54, 1.807) is 24.0 Å². The van der Waals surface area contributed by atoms with Crippen molar-refractivity contribution in [1.29, 1.82) is 0 Å². The van der Waals surface area contributed by atoms with Crippen molar-refractivity contribution in [2.45, 2.75) is 49.3 Å². The van der Waals surface area contributed by atoms with E-state index in [2.05, 4.69) is 4.90 Å². The van der Waals surface area contributed by atoms with E-state index in [-0.39, 0.29) is 29.2 Å². The van der Waals surface area contributed by atoms with Gasteiger partial charge in [-0.15, -0.1) is 0 Å². The molecule has 0 N–H and O–H groups in total. The maximum atomic E-state index is 13.5. The number of sulfone groups is 1. The second-order valence-electron chi connectivity index (χ2n) is 9.68. The van der Waals surface area contributed by atoms with Crippen LogP contribution in [0.1, 0.15) is 54.7 Å². The highest BCUT2D eigenvalue weighted by Gasteiger charge is 2.38. The topological polar surface area (TPSA) is 102 Å². The number of Topliss-reactive ketones (excluding diaryl/α,β-unsaturated/α-hetero) is 1. The van der Waals surface area contributed by atoms with Crippen LogP contribution in [-0.4, -0.2) is 85.6 Å². The molecule has 1 aromatic carbocycles. The number of ketones is 1. The number of hydrogen-bond acceptors (Lipinski definition) is 7. The first-order chi connectivity index (χ1) is 16.8. The van der Waals surface area contributed by atoms with Gasteiger partial charge in [-0.05, 0) is 45.3 Å². The summed E-state index contributed by atoms with van der Waals surface area (Å²) in [6, 6.07) is 7.05. The summed E-state index contributed by atoms with van der Waals surface area (Å²) in [6.45, 7) is 6.04. The van der Waals surface area contributed by atoms with Crippen molar-refractivity contribution in [1.82, 2.24) is 19.6 Å². The van der Waals surface area contributed by atoms with E-state index in [1.807, 2.05) is 16.8 Å². The second-order valence-corrected chi connectivity index (χ2v) is 11.6. The zero-order valence-corrected chi connectivity index (χ0v) is 20.9. The summed E-state index contributed by atoms with van der Waals surface area (Å²) < 4.78 is 33.7. The molecule has 1 amide bonds. The number of amides is 1. The Balaban J connectivity index is 1.54. The van der Waals surface area contributed by atoms with Crippen molar-refractivity contribution in [2.75, 3.05) is 45.9 Å². The molecule has 1 aromatic heterocycles. The van der Waals surface area contributed by atoms with E-state index in [9.17, 15) is 18.0 Å². The summed E-state index contributed by atoms with van der Waals surface area (Å²) in [7, 11) is -3.58. The fourth-order valence-electron chi connectivity index (χ4n) is 5.43. The number of likely N-dealkylation sites (tertiary alicyclic amines) is 1. The van der Waals surface area contributed by atoms with Gasteiger partial charge in [0.2, 0.25) is 0 Å². The summed E-state index contributed by atoms with van der Waals surface area (Å²) in [4.78, 5) is 29.2. The Bertz CT molecular complexity index is 1230. The van der Waals surface area contributed by atoms with Gasteiger partial charge < -0.3 is 19.3 Å². The number of hydrogen-bond donors (Lipinski definition) is 0. The standard InChI is InChI=1S/C25H32N4O5S/c1-18(30)6-4-10-27-11-5-7-19(16-27)29-24-20-8-2-3-9-22(20)35(32,33)17-21(24)23(26-29)25(31)28-12-14-34-15-13-28/h2-3,8-9,19H,4-7,10-17H2,1H3/t19-/m0/s1. The third-order valence-electron chi connectivity index (χ3n) is 7.15. The van der Waals surface area contributed by atoms with Gasteiger partial charge in [0.25, 0.3) is 5.91 Å². The molecular weight excluding hydrogens is 468 g/mol. The van der Waals surface area contributed by atoms with Gasteiger partial charge in [-0.3, -0.25) is 9.48 Å². The largest absolute Gasteiger partial charge is 0.378 e. The van der Waals surface area contributed by atoms with Gasteiger partial charge in [0.1, 0.15) is 5.78 Å². The van der Waals surface area contributed by atoms with Crippen molar-refractivity contribution in [2.24, 2.45) is 0 Å². The zero-order chi connectivity index (χ0) is 24.6. The summed E-state index contributed by atoms with van der Waals surface area (Å²) in [6.07, 6.45) is 3.27. The SMILES string of the molecule is CC(=O)CCCN1CCC[C@H](n2nc(C(=O)N3CCOCC3)c3c2-c2ccccc2S(=O)(=O)C3)C1.